The van der Waals surface area contributed by atoms with Crippen LogP contribution in [-0.2, 0) is 6.54 Å². The number of hydrogen-bond donors (Lipinski definition) is 1. The molecule has 4 rings (SSSR count). The van der Waals surface area contributed by atoms with Gasteiger partial charge in [0.2, 0.25) is 0 Å². The number of carbonyl (C=O) groups excluding carboxylic acids is 1. The van der Waals surface area contributed by atoms with E-state index in [4.69, 9.17) is 4.98 Å². The van der Waals surface area contributed by atoms with Crippen molar-refractivity contribution in [2.45, 2.75) is 59.0 Å². The molecule has 1 amide bonds. The molecule has 1 atom stereocenters. The summed E-state index contributed by atoms with van der Waals surface area (Å²) in [6, 6.07) is 17.4. The number of nitrogens with one attached hydrogen (secondary N) is 1. The van der Waals surface area contributed by atoms with Crippen molar-refractivity contribution in [2.24, 2.45) is 0 Å². The summed E-state index contributed by atoms with van der Waals surface area (Å²) in [6.07, 6.45) is 3.68. The number of amides is 1. The molecule has 0 spiro atoms. The zero-order valence-electron chi connectivity index (χ0n) is 20.1. The molecule has 0 aliphatic carbocycles. The molecule has 1 fully saturated rings. The van der Waals surface area contributed by atoms with Gasteiger partial charge in [-0.3, -0.25) is 9.69 Å². The maximum atomic E-state index is 13.1. The maximum absolute atomic E-state index is 13.1. The second-order valence-electron chi connectivity index (χ2n) is 9.29. The van der Waals surface area contributed by atoms with E-state index in [1.807, 2.05) is 6.92 Å². The SMILES string of the molecule is Cc1cc(C)cc(CNC(=O)c2cnc(C)nc2C2CCN(C(C)c3ccccc3)CC2)c1. The molecular weight excluding hydrogens is 408 g/mol. The van der Waals surface area contributed by atoms with Crippen LogP contribution in [0.5, 0.6) is 0 Å². The van der Waals surface area contributed by atoms with Crippen molar-refractivity contribution in [1.29, 1.82) is 0 Å². The molecule has 1 saturated heterocycles. The van der Waals surface area contributed by atoms with Gasteiger partial charge in [0.1, 0.15) is 5.82 Å². The fraction of sp³-hybridized carbons (Fsp3) is 0.393. The molecule has 5 heteroatoms. The fourth-order valence-corrected chi connectivity index (χ4v) is 4.92. The first-order chi connectivity index (χ1) is 15.9. The standard InChI is InChI=1S/C28H34N4O/c1-19-14-20(2)16-23(15-19)17-30-28(33)26-18-29-22(4)31-27(26)25-10-12-32(13-11-25)21(3)24-8-6-5-7-9-24/h5-9,14-16,18,21,25H,10-13,17H2,1-4H3,(H,30,33). The van der Waals surface area contributed by atoms with Crippen LogP contribution in [0.15, 0.2) is 54.7 Å². The Bertz CT molecular complexity index is 1080. The Labute approximate surface area is 197 Å². The van der Waals surface area contributed by atoms with E-state index in [2.05, 4.69) is 84.5 Å². The first kappa shape index (κ1) is 23.1. The van der Waals surface area contributed by atoms with Gasteiger partial charge in [-0.15, -0.1) is 0 Å². The second kappa shape index (κ2) is 10.3. The van der Waals surface area contributed by atoms with Gasteiger partial charge in [0.25, 0.3) is 5.91 Å². The third-order valence-electron chi connectivity index (χ3n) is 6.66. The molecule has 172 valence electrons. The number of nitrogens with zero attached hydrogens (tertiary/aromatic N) is 3. The molecule has 2 heterocycles. The van der Waals surface area contributed by atoms with Gasteiger partial charge in [-0.25, -0.2) is 9.97 Å². The minimum Gasteiger partial charge on any atom is -0.348 e. The molecule has 0 saturated carbocycles. The highest BCUT2D eigenvalue weighted by molar-refractivity contribution is 5.95. The number of aromatic nitrogens is 2. The normalized spacial score (nSPS) is 15.9. The van der Waals surface area contributed by atoms with Crippen LogP contribution < -0.4 is 5.32 Å². The summed E-state index contributed by atoms with van der Waals surface area (Å²) in [6.45, 7) is 10.8. The van der Waals surface area contributed by atoms with Crippen LogP contribution in [0.3, 0.4) is 0 Å². The molecular formula is C28H34N4O. The van der Waals surface area contributed by atoms with Gasteiger partial charge < -0.3 is 5.32 Å². The quantitative estimate of drug-likeness (QED) is 0.565. The number of carbonyl (C=O) groups is 1. The average Bonchev–Trinajstić information content (AvgIpc) is 2.82. The minimum absolute atomic E-state index is 0.0933. The maximum Gasteiger partial charge on any atom is 0.254 e. The van der Waals surface area contributed by atoms with Crippen LogP contribution in [0.1, 0.15) is 75.9 Å². The minimum atomic E-state index is -0.0933. The molecule has 1 unspecified atom stereocenters. The number of hydrogen-bond acceptors (Lipinski definition) is 4. The Morgan fingerprint density at radius 3 is 2.39 bits per heavy atom. The van der Waals surface area contributed by atoms with Crippen molar-refractivity contribution in [3.8, 4) is 0 Å². The summed E-state index contributed by atoms with van der Waals surface area (Å²) in [4.78, 5) is 24.7. The van der Waals surface area contributed by atoms with Gasteiger partial charge >= 0.3 is 0 Å². The van der Waals surface area contributed by atoms with Crippen LogP contribution in [0, 0.1) is 20.8 Å². The van der Waals surface area contributed by atoms with E-state index >= 15 is 0 Å². The summed E-state index contributed by atoms with van der Waals surface area (Å²) < 4.78 is 0. The molecule has 1 aliphatic heterocycles. The molecule has 1 aliphatic rings. The third kappa shape index (κ3) is 5.66. The second-order valence-corrected chi connectivity index (χ2v) is 9.29. The first-order valence-electron chi connectivity index (χ1n) is 11.9. The highest BCUT2D eigenvalue weighted by Crippen LogP contribution is 2.32. The predicted molar refractivity (Wildman–Crippen MR) is 132 cm³/mol. The summed E-state index contributed by atoms with van der Waals surface area (Å²) in [5, 5.41) is 3.09. The van der Waals surface area contributed by atoms with Gasteiger partial charge in [-0.05, 0) is 64.8 Å². The number of likely N-dealkylation sites (tertiary alicyclic amines) is 1. The number of aryl methyl sites for hydroxylation is 3. The van der Waals surface area contributed by atoms with Crippen LogP contribution >= 0.6 is 0 Å². The number of rotatable bonds is 6. The third-order valence-corrected chi connectivity index (χ3v) is 6.66. The lowest BCUT2D eigenvalue weighted by Gasteiger charge is -2.36. The lowest BCUT2D eigenvalue weighted by atomic mass is 9.89. The number of benzene rings is 2. The Morgan fingerprint density at radius 1 is 1.06 bits per heavy atom. The summed E-state index contributed by atoms with van der Waals surface area (Å²) >= 11 is 0. The Kier molecular flexibility index (Phi) is 7.19. The molecule has 0 bridgehead atoms. The molecule has 33 heavy (non-hydrogen) atoms. The van der Waals surface area contributed by atoms with Crippen molar-refractivity contribution < 1.29 is 4.79 Å². The smallest absolute Gasteiger partial charge is 0.254 e. The molecule has 2 aromatic carbocycles. The van der Waals surface area contributed by atoms with Gasteiger partial charge in [-0.1, -0.05) is 59.7 Å². The topological polar surface area (TPSA) is 58.1 Å². The van der Waals surface area contributed by atoms with Gasteiger partial charge in [0.15, 0.2) is 0 Å². The highest BCUT2D eigenvalue weighted by atomic mass is 16.1. The summed E-state index contributed by atoms with van der Waals surface area (Å²) in [5.41, 5.74) is 6.37. The predicted octanol–water partition coefficient (Wildman–Crippen LogP) is 5.27. The van der Waals surface area contributed by atoms with Gasteiger partial charge in [0.05, 0.1) is 11.3 Å². The first-order valence-corrected chi connectivity index (χ1v) is 11.9. The molecule has 0 radical (unpaired) electrons. The van der Waals surface area contributed by atoms with E-state index in [1.165, 1.54) is 16.7 Å². The molecule has 1 aromatic heterocycles. The van der Waals surface area contributed by atoms with Crippen molar-refractivity contribution in [1.82, 2.24) is 20.2 Å². The Balaban J connectivity index is 1.44. The molecule has 5 nitrogen and oxygen atoms in total. The van der Waals surface area contributed by atoms with Gasteiger partial charge in [0, 0.05) is 24.7 Å². The summed E-state index contributed by atoms with van der Waals surface area (Å²) in [5.74, 6) is 0.896. The van der Waals surface area contributed by atoms with Crippen molar-refractivity contribution >= 4 is 5.91 Å². The van der Waals surface area contributed by atoms with Crippen LogP contribution in [0.2, 0.25) is 0 Å². The lowest BCUT2D eigenvalue weighted by molar-refractivity contribution is 0.0946. The van der Waals surface area contributed by atoms with E-state index in [0.717, 1.165) is 43.0 Å². The lowest BCUT2D eigenvalue weighted by Crippen LogP contribution is -2.36. The van der Waals surface area contributed by atoms with Crippen molar-refractivity contribution in [2.75, 3.05) is 13.1 Å². The van der Waals surface area contributed by atoms with Crippen LogP contribution in [0.25, 0.3) is 0 Å². The fourth-order valence-electron chi connectivity index (χ4n) is 4.92. The average molecular weight is 443 g/mol. The van der Waals surface area contributed by atoms with Gasteiger partial charge in [-0.2, -0.15) is 0 Å². The Morgan fingerprint density at radius 2 is 1.73 bits per heavy atom. The van der Waals surface area contributed by atoms with Crippen LogP contribution in [-0.4, -0.2) is 33.9 Å². The van der Waals surface area contributed by atoms with E-state index in [9.17, 15) is 4.79 Å². The molecule has 1 N–H and O–H groups in total. The van der Waals surface area contributed by atoms with E-state index < -0.39 is 0 Å². The number of piperidine rings is 1. The highest BCUT2D eigenvalue weighted by Gasteiger charge is 2.28. The largest absolute Gasteiger partial charge is 0.348 e. The summed E-state index contributed by atoms with van der Waals surface area (Å²) in [7, 11) is 0. The van der Waals surface area contributed by atoms with Crippen molar-refractivity contribution in [3.63, 3.8) is 0 Å². The monoisotopic (exact) mass is 442 g/mol. The van der Waals surface area contributed by atoms with Crippen LogP contribution in [0.4, 0.5) is 0 Å². The van der Waals surface area contributed by atoms with E-state index in [1.54, 1.807) is 6.20 Å². The zero-order chi connectivity index (χ0) is 23.4. The Hall–Kier alpha value is -3.05. The van der Waals surface area contributed by atoms with E-state index in [0.29, 0.717) is 18.2 Å². The zero-order valence-corrected chi connectivity index (χ0v) is 20.1. The molecule has 3 aromatic rings. The van der Waals surface area contributed by atoms with Crippen molar-refractivity contribution in [3.05, 3.63) is 94.1 Å². The van der Waals surface area contributed by atoms with E-state index in [-0.39, 0.29) is 11.8 Å².